The third-order valence-corrected chi connectivity index (χ3v) is 6.98. The number of aromatic hydroxyl groups is 2. The molecule has 2 aliphatic rings. The zero-order valence-electron chi connectivity index (χ0n) is 18.8. The van der Waals surface area contributed by atoms with Gasteiger partial charge in [0.15, 0.2) is 0 Å². The molecule has 2 aromatic rings. The fourth-order valence-corrected chi connectivity index (χ4v) is 5.15. The zero-order chi connectivity index (χ0) is 24.1. The zero-order valence-corrected chi connectivity index (χ0v) is 20.4. The molecule has 0 radical (unpaired) electrons. The Morgan fingerprint density at radius 3 is 1.74 bits per heavy atom. The third-order valence-electron chi connectivity index (χ3n) is 6.51. The van der Waals surface area contributed by atoms with Crippen molar-refractivity contribution >= 4 is 40.6 Å². The average molecular weight is 502 g/mol. The molecule has 5 N–H and O–H groups in total. The van der Waals surface area contributed by atoms with Crippen LogP contribution in [0.5, 0.6) is 11.5 Å². The molecule has 0 amide bonds. The second kappa shape index (κ2) is 11.1. The van der Waals surface area contributed by atoms with E-state index in [9.17, 15) is 10.2 Å². The first-order valence-corrected chi connectivity index (χ1v) is 12.4. The topological polar surface area (TPSA) is 116 Å². The fourth-order valence-electron chi connectivity index (χ4n) is 4.82. The first-order chi connectivity index (χ1) is 16.4. The molecule has 0 aromatic heterocycles. The van der Waals surface area contributed by atoms with Crippen molar-refractivity contribution in [3.8, 4) is 11.5 Å². The average Bonchev–Trinajstić information content (AvgIpc) is 3.51. The van der Waals surface area contributed by atoms with E-state index >= 15 is 0 Å². The molecule has 180 valence electrons. The van der Waals surface area contributed by atoms with Crippen LogP contribution in [-0.2, 0) is 0 Å². The molecular formula is C25H29Cl2N5O2. The minimum Gasteiger partial charge on any atom is -0.507 e. The molecule has 0 aliphatic heterocycles. The molecule has 2 aromatic carbocycles. The molecule has 7 nitrogen and oxygen atoms in total. The number of nitrogens with zero attached hydrogens (tertiary/aromatic N) is 3. The minimum absolute atomic E-state index is 0.0212. The van der Waals surface area contributed by atoms with Crippen molar-refractivity contribution in [1.29, 1.82) is 0 Å². The molecule has 2 fully saturated rings. The van der Waals surface area contributed by atoms with E-state index in [1.54, 1.807) is 24.3 Å². The predicted octanol–water partition coefficient (Wildman–Crippen LogP) is 5.80. The van der Waals surface area contributed by atoms with E-state index in [0.717, 1.165) is 57.1 Å². The summed E-state index contributed by atoms with van der Waals surface area (Å²) in [6.07, 6.45) is 8.36. The van der Waals surface area contributed by atoms with Gasteiger partial charge in [-0.25, -0.2) is 5.43 Å². The number of hydrazone groups is 1. The number of nitrogens with two attached hydrogens (primary N) is 1. The summed E-state index contributed by atoms with van der Waals surface area (Å²) in [5, 5.41) is 34.9. The smallest absolute Gasteiger partial charge is 0.234 e. The van der Waals surface area contributed by atoms with Gasteiger partial charge in [-0.1, -0.05) is 48.9 Å². The Hall–Kier alpha value is -2.77. The van der Waals surface area contributed by atoms with E-state index in [1.165, 1.54) is 12.1 Å². The van der Waals surface area contributed by atoms with Crippen LogP contribution < -0.4 is 11.2 Å². The van der Waals surface area contributed by atoms with Crippen LogP contribution in [0.25, 0.3) is 0 Å². The number of hydrogen-bond donors (Lipinski definition) is 4. The molecule has 0 spiro atoms. The number of rotatable bonds is 6. The lowest BCUT2D eigenvalue weighted by Gasteiger charge is -2.15. The van der Waals surface area contributed by atoms with E-state index in [-0.39, 0.29) is 29.3 Å². The molecule has 0 unspecified atom stereocenters. The summed E-state index contributed by atoms with van der Waals surface area (Å²) in [5.74, 6) is 0.561. The number of phenols is 2. The van der Waals surface area contributed by atoms with Crippen LogP contribution in [0.1, 0.15) is 62.5 Å². The maximum atomic E-state index is 10.4. The predicted molar refractivity (Wildman–Crippen MR) is 138 cm³/mol. The van der Waals surface area contributed by atoms with Crippen LogP contribution in [0.4, 0.5) is 0 Å². The Morgan fingerprint density at radius 2 is 1.24 bits per heavy atom. The Bertz CT molecular complexity index is 1120. The lowest BCUT2D eigenvalue weighted by atomic mass is 9.95. The summed E-state index contributed by atoms with van der Waals surface area (Å²) in [5.41, 5.74) is 11.5. The Kier molecular flexibility index (Phi) is 7.95. The molecule has 9 heteroatoms. The van der Waals surface area contributed by atoms with Crippen LogP contribution in [0, 0.1) is 11.8 Å². The standard InChI is InChI=1S/C25H29Cl2N5O2/c26-17-9-11-19(21(33)13-17)23(15-5-1-2-6-15)29-31-25(28)32-30-24(16-7-3-4-8-16)20-12-10-18(27)14-22(20)34/h9-16,33-34H,1-8H2,(H3,28,31,32)/b29-23+,30-24+. The van der Waals surface area contributed by atoms with Crippen LogP contribution in [0.2, 0.25) is 10.0 Å². The van der Waals surface area contributed by atoms with Gasteiger partial charge in [0, 0.05) is 33.0 Å². The van der Waals surface area contributed by atoms with Gasteiger partial charge < -0.3 is 15.9 Å². The van der Waals surface area contributed by atoms with Gasteiger partial charge in [0.05, 0.1) is 11.4 Å². The van der Waals surface area contributed by atoms with Gasteiger partial charge in [0.2, 0.25) is 5.96 Å². The Morgan fingerprint density at radius 1 is 0.765 bits per heavy atom. The number of phenolic OH excluding ortho intramolecular Hbond substituents is 2. The van der Waals surface area contributed by atoms with Crippen molar-refractivity contribution < 1.29 is 10.2 Å². The normalized spacial score (nSPS) is 18.6. The largest absolute Gasteiger partial charge is 0.507 e. The van der Waals surface area contributed by atoms with Crippen LogP contribution in [-0.4, -0.2) is 27.6 Å². The van der Waals surface area contributed by atoms with Crippen molar-refractivity contribution in [1.82, 2.24) is 5.43 Å². The minimum atomic E-state index is 0.0212. The van der Waals surface area contributed by atoms with Crippen LogP contribution >= 0.6 is 23.2 Å². The molecule has 34 heavy (non-hydrogen) atoms. The molecule has 2 aliphatic carbocycles. The highest BCUT2D eigenvalue weighted by Crippen LogP contribution is 2.34. The van der Waals surface area contributed by atoms with E-state index in [4.69, 9.17) is 28.9 Å². The van der Waals surface area contributed by atoms with E-state index < -0.39 is 0 Å². The second-order valence-electron chi connectivity index (χ2n) is 8.87. The van der Waals surface area contributed by atoms with E-state index in [1.807, 2.05) is 0 Å². The van der Waals surface area contributed by atoms with Crippen molar-refractivity contribution in [3.63, 3.8) is 0 Å². The monoisotopic (exact) mass is 501 g/mol. The summed E-state index contributed by atoms with van der Waals surface area (Å²) >= 11 is 12.0. The van der Waals surface area contributed by atoms with Gasteiger partial charge >= 0.3 is 0 Å². The van der Waals surface area contributed by atoms with Gasteiger partial charge in [-0.05, 0) is 62.1 Å². The molecule has 0 saturated heterocycles. The number of guanidine groups is 1. The van der Waals surface area contributed by atoms with Crippen molar-refractivity contribution in [2.24, 2.45) is 32.9 Å². The SMILES string of the molecule is N/C(=N\N=C(\c1ccc(Cl)cc1O)C1CCCC1)N/N=C(/c1ccc(Cl)cc1O)C1CCCC1. The summed E-state index contributed by atoms with van der Waals surface area (Å²) in [4.78, 5) is 0. The van der Waals surface area contributed by atoms with Crippen molar-refractivity contribution in [2.45, 2.75) is 51.4 Å². The summed E-state index contributed by atoms with van der Waals surface area (Å²) < 4.78 is 0. The first-order valence-electron chi connectivity index (χ1n) is 11.6. The highest BCUT2D eigenvalue weighted by atomic mass is 35.5. The van der Waals surface area contributed by atoms with Gasteiger partial charge in [0.25, 0.3) is 0 Å². The maximum absolute atomic E-state index is 10.4. The molecule has 0 atom stereocenters. The third kappa shape index (κ3) is 5.83. The molecule has 2 saturated carbocycles. The summed E-state index contributed by atoms with van der Waals surface area (Å²) in [6.45, 7) is 0. The lowest BCUT2D eigenvalue weighted by Crippen LogP contribution is -2.29. The highest BCUT2D eigenvalue weighted by Gasteiger charge is 2.26. The fraction of sp³-hybridized carbons (Fsp3) is 0.400. The number of hydrogen-bond acceptors (Lipinski definition) is 5. The highest BCUT2D eigenvalue weighted by molar-refractivity contribution is 6.31. The molecule has 0 heterocycles. The second-order valence-corrected chi connectivity index (χ2v) is 9.74. The van der Waals surface area contributed by atoms with Crippen molar-refractivity contribution in [2.75, 3.05) is 0 Å². The van der Waals surface area contributed by atoms with Crippen molar-refractivity contribution in [3.05, 3.63) is 57.6 Å². The van der Waals surface area contributed by atoms with Gasteiger partial charge in [-0.2, -0.15) is 10.2 Å². The van der Waals surface area contributed by atoms with Gasteiger partial charge in [0.1, 0.15) is 11.5 Å². The Labute approximate surface area is 209 Å². The van der Waals surface area contributed by atoms with Crippen LogP contribution in [0.3, 0.4) is 0 Å². The van der Waals surface area contributed by atoms with Gasteiger partial charge in [-0.3, -0.25) is 0 Å². The maximum Gasteiger partial charge on any atom is 0.234 e. The number of halogens is 2. The molecule has 4 rings (SSSR count). The molecule has 0 bridgehead atoms. The first kappa shape index (κ1) is 24.4. The van der Waals surface area contributed by atoms with Gasteiger partial charge in [-0.15, -0.1) is 5.10 Å². The van der Waals surface area contributed by atoms with E-state index in [0.29, 0.717) is 26.9 Å². The lowest BCUT2D eigenvalue weighted by molar-refractivity contribution is 0.472. The summed E-state index contributed by atoms with van der Waals surface area (Å²) in [6, 6.07) is 9.99. The van der Waals surface area contributed by atoms with E-state index in [2.05, 4.69) is 20.7 Å². The quantitative estimate of drug-likeness (QED) is 0.227. The molecular weight excluding hydrogens is 473 g/mol. The number of benzene rings is 2. The van der Waals surface area contributed by atoms with Crippen LogP contribution in [0.15, 0.2) is 51.7 Å². The summed E-state index contributed by atoms with van der Waals surface area (Å²) in [7, 11) is 0. The Balaban J connectivity index is 1.61. The number of nitrogens with one attached hydrogen (secondary N) is 1.